The van der Waals surface area contributed by atoms with Crippen LogP contribution in [0.25, 0.3) is 0 Å². The average Bonchev–Trinajstić information content (AvgIpc) is 2.47. The van der Waals surface area contributed by atoms with E-state index in [0.717, 1.165) is 0 Å². The second kappa shape index (κ2) is 5.73. The Labute approximate surface area is 122 Å². The fourth-order valence-corrected chi connectivity index (χ4v) is 3.30. The van der Waals surface area contributed by atoms with Crippen LogP contribution in [0.2, 0.25) is 5.02 Å². The molecule has 2 aromatic rings. The number of methoxy groups -OCH3 is 2. The van der Waals surface area contributed by atoms with Crippen molar-refractivity contribution in [3.05, 3.63) is 47.5 Å². The first kappa shape index (κ1) is 14.7. The molecule has 0 fully saturated rings. The van der Waals surface area contributed by atoms with Crippen molar-refractivity contribution < 1.29 is 17.9 Å². The topological polar surface area (TPSA) is 52.6 Å². The van der Waals surface area contributed by atoms with Gasteiger partial charge in [-0.25, -0.2) is 8.42 Å². The zero-order chi connectivity index (χ0) is 14.8. The number of sulfone groups is 1. The summed E-state index contributed by atoms with van der Waals surface area (Å²) in [5.41, 5.74) is 0. The van der Waals surface area contributed by atoms with Gasteiger partial charge in [-0.05, 0) is 36.4 Å². The van der Waals surface area contributed by atoms with Gasteiger partial charge in [0.05, 0.1) is 19.1 Å². The molecule has 0 amide bonds. The van der Waals surface area contributed by atoms with Crippen LogP contribution in [0.5, 0.6) is 11.5 Å². The van der Waals surface area contributed by atoms with Gasteiger partial charge >= 0.3 is 0 Å². The molecule has 0 aliphatic rings. The molecule has 0 aliphatic heterocycles. The van der Waals surface area contributed by atoms with Gasteiger partial charge in [0, 0.05) is 11.1 Å². The third-order valence-electron chi connectivity index (χ3n) is 2.78. The second-order valence-corrected chi connectivity index (χ2v) is 6.33. The zero-order valence-electron chi connectivity index (χ0n) is 11.0. The average molecular weight is 313 g/mol. The van der Waals surface area contributed by atoms with Crippen LogP contribution in [-0.4, -0.2) is 22.6 Å². The van der Waals surface area contributed by atoms with E-state index in [0.29, 0.717) is 10.8 Å². The van der Waals surface area contributed by atoms with E-state index in [1.807, 2.05) is 0 Å². The molecule has 0 aliphatic carbocycles. The van der Waals surface area contributed by atoms with Crippen LogP contribution in [-0.2, 0) is 9.84 Å². The van der Waals surface area contributed by atoms with Crippen LogP contribution in [0.1, 0.15) is 0 Å². The Hall–Kier alpha value is -1.72. The minimum atomic E-state index is -3.69. The summed E-state index contributed by atoms with van der Waals surface area (Å²) in [7, 11) is -0.803. The summed E-state index contributed by atoms with van der Waals surface area (Å²) < 4.78 is 35.4. The Morgan fingerprint density at radius 1 is 0.950 bits per heavy atom. The molecule has 0 saturated heterocycles. The Bertz CT molecular complexity index is 708. The Balaban J connectivity index is 2.61. The summed E-state index contributed by atoms with van der Waals surface area (Å²) in [6, 6.07) is 10.6. The van der Waals surface area contributed by atoms with Gasteiger partial charge in [-0.2, -0.15) is 0 Å². The summed E-state index contributed by atoms with van der Waals surface area (Å²) in [5, 5.41) is 0.474. The van der Waals surface area contributed by atoms with E-state index in [2.05, 4.69) is 0 Å². The number of hydrogen-bond acceptors (Lipinski definition) is 4. The fraction of sp³-hybridized carbons (Fsp3) is 0.143. The van der Waals surface area contributed by atoms with Gasteiger partial charge in [0.25, 0.3) is 0 Å². The molecule has 2 rings (SSSR count). The van der Waals surface area contributed by atoms with E-state index in [1.165, 1.54) is 44.6 Å². The molecular formula is C14H13ClO4S. The molecule has 0 aromatic heterocycles. The van der Waals surface area contributed by atoms with Crippen molar-refractivity contribution in [3.63, 3.8) is 0 Å². The first-order valence-electron chi connectivity index (χ1n) is 5.71. The van der Waals surface area contributed by atoms with Crippen molar-refractivity contribution in [1.29, 1.82) is 0 Å². The molecule has 0 heterocycles. The molecule has 2 aromatic carbocycles. The molecule has 106 valence electrons. The Morgan fingerprint density at radius 3 is 2.15 bits per heavy atom. The highest BCUT2D eigenvalue weighted by Gasteiger charge is 2.23. The van der Waals surface area contributed by atoms with E-state index in [1.54, 1.807) is 12.1 Å². The van der Waals surface area contributed by atoms with Gasteiger partial charge in [0.1, 0.15) is 16.4 Å². The lowest BCUT2D eigenvalue weighted by atomic mass is 10.3. The summed E-state index contributed by atoms with van der Waals surface area (Å²) in [5.74, 6) is 0.707. The standard InChI is InChI=1S/C14H13ClO4S/c1-18-11-5-8-13(19-2)14(9-11)20(16,17)12-6-3-10(15)4-7-12/h3-9H,1-2H3. The smallest absolute Gasteiger partial charge is 0.210 e. The van der Waals surface area contributed by atoms with E-state index >= 15 is 0 Å². The monoisotopic (exact) mass is 312 g/mol. The third-order valence-corrected chi connectivity index (χ3v) is 4.83. The van der Waals surface area contributed by atoms with E-state index in [9.17, 15) is 8.42 Å². The maximum absolute atomic E-state index is 12.6. The lowest BCUT2D eigenvalue weighted by molar-refractivity contribution is 0.392. The van der Waals surface area contributed by atoms with Crippen LogP contribution < -0.4 is 9.47 Å². The Kier molecular flexibility index (Phi) is 4.20. The van der Waals surface area contributed by atoms with Crippen molar-refractivity contribution in [3.8, 4) is 11.5 Å². The minimum absolute atomic E-state index is 0.0571. The normalized spacial score (nSPS) is 11.2. The molecule has 4 nitrogen and oxygen atoms in total. The van der Waals surface area contributed by atoms with Crippen molar-refractivity contribution in [2.45, 2.75) is 9.79 Å². The second-order valence-electron chi connectivity index (χ2n) is 3.97. The quantitative estimate of drug-likeness (QED) is 0.870. The number of rotatable bonds is 4. The molecule has 0 bridgehead atoms. The van der Waals surface area contributed by atoms with Crippen LogP contribution in [0.4, 0.5) is 0 Å². The van der Waals surface area contributed by atoms with Crippen molar-refractivity contribution in [2.75, 3.05) is 14.2 Å². The van der Waals surface area contributed by atoms with Crippen molar-refractivity contribution >= 4 is 21.4 Å². The summed E-state index contributed by atoms with van der Waals surface area (Å²) in [6.07, 6.45) is 0. The first-order valence-corrected chi connectivity index (χ1v) is 7.58. The van der Waals surface area contributed by atoms with Crippen LogP contribution >= 0.6 is 11.6 Å². The predicted molar refractivity (Wildman–Crippen MR) is 76.4 cm³/mol. The third kappa shape index (κ3) is 2.73. The van der Waals surface area contributed by atoms with Gasteiger partial charge < -0.3 is 9.47 Å². The van der Waals surface area contributed by atoms with Gasteiger partial charge in [0.2, 0.25) is 9.84 Å². The minimum Gasteiger partial charge on any atom is -0.497 e. The predicted octanol–water partition coefficient (Wildman–Crippen LogP) is 3.19. The SMILES string of the molecule is COc1ccc(OC)c(S(=O)(=O)c2ccc(Cl)cc2)c1. The highest BCUT2D eigenvalue weighted by molar-refractivity contribution is 7.91. The number of hydrogen-bond donors (Lipinski definition) is 0. The van der Waals surface area contributed by atoms with Crippen LogP contribution in [0, 0.1) is 0 Å². The van der Waals surface area contributed by atoms with E-state index in [4.69, 9.17) is 21.1 Å². The number of ether oxygens (including phenoxy) is 2. The summed E-state index contributed by atoms with van der Waals surface area (Å²) in [6.45, 7) is 0. The van der Waals surface area contributed by atoms with Crippen molar-refractivity contribution in [2.24, 2.45) is 0 Å². The van der Waals surface area contributed by atoms with Gasteiger partial charge in [-0.1, -0.05) is 11.6 Å². The lowest BCUT2D eigenvalue weighted by Crippen LogP contribution is -2.04. The molecular weight excluding hydrogens is 300 g/mol. The van der Waals surface area contributed by atoms with Crippen LogP contribution in [0.15, 0.2) is 52.3 Å². The molecule has 0 spiro atoms. The highest BCUT2D eigenvalue weighted by atomic mass is 35.5. The highest BCUT2D eigenvalue weighted by Crippen LogP contribution is 2.32. The summed E-state index contributed by atoms with van der Waals surface area (Å²) in [4.78, 5) is 0.204. The van der Waals surface area contributed by atoms with Gasteiger partial charge in [0.15, 0.2) is 0 Å². The first-order chi connectivity index (χ1) is 9.48. The molecule has 0 N–H and O–H groups in total. The van der Waals surface area contributed by atoms with Gasteiger partial charge in [-0.15, -0.1) is 0 Å². The molecule has 6 heteroatoms. The largest absolute Gasteiger partial charge is 0.497 e. The molecule has 0 atom stereocenters. The van der Waals surface area contributed by atoms with E-state index < -0.39 is 9.84 Å². The number of benzene rings is 2. The molecule has 0 unspecified atom stereocenters. The fourth-order valence-electron chi connectivity index (χ4n) is 1.73. The summed E-state index contributed by atoms with van der Waals surface area (Å²) >= 11 is 5.77. The Morgan fingerprint density at radius 2 is 1.60 bits per heavy atom. The number of halogens is 1. The van der Waals surface area contributed by atoms with Crippen molar-refractivity contribution in [1.82, 2.24) is 0 Å². The van der Waals surface area contributed by atoms with E-state index in [-0.39, 0.29) is 15.5 Å². The molecule has 20 heavy (non-hydrogen) atoms. The maximum atomic E-state index is 12.6. The maximum Gasteiger partial charge on any atom is 0.210 e. The zero-order valence-corrected chi connectivity index (χ0v) is 12.5. The lowest BCUT2D eigenvalue weighted by Gasteiger charge is -2.11. The molecule has 0 saturated carbocycles. The van der Waals surface area contributed by atoms with Crippen LogP contribution in [0.3, 0.4) is 0 Å². The molecule has 0 radical (unpaired) electrons. The van der Waals surface area contributed by atoms with Gasteiger partial charge in [-0.3, -0.25) is 0 Å².